The van der Waals surface area contributed by atoms with E-state index in [0.29, 0.717) is 12.0 Å². The van der Waals surface area contributed by atoms with Gasteiger partial charge in [0.25, 0.3) is 5.91 Å². The number of hydrogen-bond acceptors (Lipinski definition) is 1. The number of amides is 1. The third kappa shape index (κ3) is 4.69. The summed E-state index contributed by atoms with van der Waals surface area (Å²) in [5.74, 6) is -0.0890. The largest absolute Gasteiger partial charge is 0.346 e. The van der Waals surface area contributed by atoms with Gasteiger partial charge in [0, 0.05) is 18.0 Å². The molecule has 1 N–H and O–H groups in total. The molecule has 116 valence electrons. The maximum atomic E-state index is 13.2. The SMILES string of the molecule is C/C=C(/C)C(CC)NC(=O)c1cccc(CC(C)F)c1C. The molecule has 0 aromatic heterocycles. The van der Waals surface area contributed by atoms with Gasteiger partial charge in [0.15, 0.2) is 0 Å². The number of alkyl halides is 1. The van der Waals surface area contributed by atoms with Crippen LogP contribution in [0.2, 0.25) is 0 Å². The number of allylic oxidation sites excluding steroid dienone is 1. The van der Waals surface area contributed by atoms with E-state index in [1.165, 1.54) is 6.92 Å². The number of nitrogens with one attached hydrogen (secondary N) is 1. The molecule has 0 radical (unpaired) electrons. The first-order valence-electron chi connectivity index (χ1n) is 7.56. The van der Waals surface area contributed by atoms with Crippen LogP contribution in [0.3, 0.4) is 0 Å². The summed E-state index contributed by atoms with van der Waals surface area (Å²) in [4.78, 5) is 12.5. The summed E-state index contributed by atoms with van der Waals surface area (Å²) in [5, 5.41) is 3.05. The topological polar surface area (TPSA) is 29.1 Å². The summed E-state index contributed by atoms with van der Waals surface area (Å²) >= 11 is 0. The minimum absolute atomic E-state index is 0.0469. The fourth-order valence-corrected chi connectivity index (χ4v) is 2.43. The lowest BCUT2D eigenvalue weighted by atomic mass is 9.97. The normalized spacial score (nSPS) is 14.7. The molecule has 0 aliphatic rings. The van der Waals surface area contributed by atoms with Crippen LogP contribution in [0.25, 0.3) is 0 Å². The minimum atomic E-state index is -0.907. The Morgan fingerprint density at radius 3 is 2.62 bits per heavy atom. The molecule has 0 saturated heterocycles. The van der Waals surface area contributed by atoms with Crippen molar-refractivity contribution in [2.75, 3.05) is 0 Å². The van der Waals surface area contributed by atoms with Gasteiger partial charge in [-0.15, -0.1) is 0 Å². The van der Waals surface area contributed by atoms with Crippen LogP contribution < -0.4 is 5.32 Å². The molecule has 2 nitrogen and oxygen atoms in total. The van der Waals surface area contributed by atoms with E-state index in [9.17, 15) is 9.18 Å². The fourth-order valence-electron chi connectivity index (χ4n) is 2.43. The van der Waals surface area contributed by atoms with Crippen LogP contribution in [0.5, 0.6) is 0 Å². The molecule has 0 saturated carbocycles. The summed E-state index contributed by atoms with van der Waals surface area (Å²) < 4.78 is 13.2. The second-order valence-corrected chi connectivity index (χ2v) is 5.54. The predicted octanol–water partition coefficient (Wildman–Crippen LogP) is 4.37. The van der Waals surface area contributed by atoms with Crippen LogP contribution in [0.4, 0.5) is 4.39 Å². The first-order valence-corrected chi connectivity index (χ1v) is 7.56. The Morgan fingerprint density at radius 1 is 1.43 bits per heavy atom. The first-order chi connectivity index (χ1) is 9.90. The van der Waals surface area contributed by atoms with Crippen molar-refractivity contribution in [1.82, 2.24) is 5.32 Å². The van der Waals surface area contributed by atoms with E-state index in [0.717, 1.165) is 23.1 Å². The molecule has 1 amide bonds. The van der Waals surface area contributed by atoms with Crippen molar-refractivity contribution in [2.45, 2.75) is 59.7 Å². The zero-order valence-electron chi connectivity index (χ0n) is 13.7. The van der Waals surface area contributed by atoms with Crippen LogP contribution >= 0.6 is 0 Å². The summed E-state index contributed by atoms with van der Waals surface area (Å²) in [7, 11) is 0. The van der Waals surface area contributed by atoms with E-state index in [-0.39, 0.29) is 11.9 Å². The highest BCUT2D eigenvalue weighted by Crippen LogP contribution is 2.17. The van der Waals surface area contributed by atoms with Crippen molar-refractivity contribution < 1.29 is 9.18 Å². The van der Waals surface area contributed by atoms with Crippen molar-refractivity contribution >= 4 is 5.91 Å². The molecular weight excluding hydrogens is 265 g/mol. The predicted molar refractivity (Wildman–Crippen MR) is 86.4 cm³/mol. The molecule has 2 unspecified atom stereocenters. The second-order valence-electron chi connectivity index (χ2n) is 5.54. The third-order valence-corrected chi connectivity index (χ3v) is 3.91. The molecule has 2 atom stereocenters. The Bertz CT molecular complexity index is 520. The van der Waals surface area contributed by atoms with Crippen LogP contribution in [0.15, 0.2) is 29.8 Å². The van der Waals surface area contributed by atoms with E-state index in [2.05, 4.69) is 5.32 Å². The molecule has 0 heterocycles. The van der Waals surface area contributed by atoms with E-state index < -0.39 is 6.17 Å². The Hall–Kier alpha value is -1.64. The average Bonchev–Trinajstić information content (AvgIpc) is 2.45. The zero-order chi connectivity index (χ0) is 16.0. The Kier molecular flexibility index (Phi) is 6.60. The molecule has 0 fully saturated rings. The maximum Gasteiger partial charge on any atom is 0.252 e. The molecular formula is C18H26FNO. The minimum Gasteiger partial charge on any atom is -0.346 e. The number of carbonyl (C=O) groups is 1. The quantitative estimate of drug-likeness (QED) is 0.775. The number of benzene rings is 1. The molecule has 3 heteroatoms. The van der Waals surface area contributed by atoms with Gasteiger partial charge in [-0.2, -0.15) is 0 Å². The van der Waals surface area contributed by atoms with Crippen molar-refractivity contribution in [3.63, 3.8) is 0 Å². The average molecular weight is 291 g/mol. The van der Waals surface area contributed by atoms with Crippen molar-refractivity contribution in [3.8, 4) is 0 Å². The zero-order valence-corrected chi connectivity index (χ0v) is 13.7. The number of carbonyl (C=O) groups excluding carboxylic acids is 1. The lowest BCUT2D eigenvalue weighted by molar-refractivity contribution is 0.0941. The summed E-state index contributed by atoms with van der Waals surface area (Å²) in [6, 6.07) is 5.56. The smallest absolute Gasteiger partial charge is 0.252 e. The van der Waals surface area contributed by atoms with E-state index in [1.807, 2.05) is 45.9 Å². The Labute approximate surface area is 127 Å². The molecule has 21 heavy (non-hydrogen) atoms. The summed E-state index contributed by atoms with van der Waals surface area (Å²) in [6.45, 7) is 9.46. The molecule has 0 bridgehead atoms. The Morgan fingerprint density at radius 2 is 2.10 bits per heavy atom. The summed E-state index contributed by atoms with van der Waals surface area (Å²) in [6.07, 6.45) is 2.30. The molecule has 0 aliphatic carbocycles. The van der Waals surface area contributed by atoms with Crippen molar-refractivity contribution in [3.05, 3.63) is 46.5 Å². The van der Waals surface area contributed by atoms with Crippen LogP contribution in [0.1, 0.15) is 55.6 Å². The molecule has 0 spiro atoms. The van der Waals surface area contributed by atoms with Gasteiger partial charge < -0.3 is 5.32 Å². The molecule has 0 aliphatic heterocycles. The lowest BCUT2D eigenvalue weighted by Crippen LogP contribution is -2.35. The number of rotatable bonds is 6. The number of halogens is 1. The maximum absolute atomic E-state index is 13.2. The summed E-state index contributed by atoms with van der Waals surface area (Å²) in [5.41, 5.74) is 3.55. The van der Waals surface area contributed by atoms with Gasteiger partial charge in [-0.3, -0.25) is 4.79 Å². The number of hydrogen-bond donors (Lipinski definition) is 1. The van der Waals surface area contributed by atoms with Crippen LogP contribution in [0, 0.1) is 6.92 Å². The fraction of sp³-hybridized carbons (Fsp3) is 0.500. The second kappa shape index (κ2) is 7.96. The highest BCUT2D eigenvalue weighted by atomic mass is 19.1. The van der Waals surface area contributed by atoms with Gasteiger partial charge in [-0.25, -0.2) is 4.39 Å². The van der Waals surface area contributed by atoms with Gasteiger partial charge in [0.2, 0.25) is 0 Å². The highest BCUT2D eigenvalue weighted by molar-refractivity contribution is 5.96. The molecule has 1 rings (SSSR count). The van der Waals surface area contributed by atoms with Gasteiger partial charge in [-0.1, -0.05) is 30.7 Å². The first kappa shape index (κ1) is 17.4. The lowest BCUT2D eigenvalue weighted by Gasteiger charge is -2.19. The van der Waals surface area contributed by atoms with Gasteiger partial charge in [-0.05, 0) is 51.3 Å². The van der Waals surface area contributed by atoms with Gasteiger partial charge >= 0.3 is 0 Å². The standard InChI is InChI=1S/C18H26FNO/c1-6-12(3)17(7-2)20-18(21)16-10-8-9-15(14(16)5)11-13(4)19/h6,8-10,13,17H,7,11H2,1-5H3,(H,20,21)/b12-6-. The van der Waals surface area contributed by atoms with Crippen LogP contribution in [-0.4, -0.2) is 18.1 Å². The van der Waals surface area contributed by atoms with E-state index in [1.54, 1.807) is 6.07 Å². The third-order valence-electron chi connectivity index (χ3n) is 3.91. The highest BCUT2D eigenvalue weighted by Gasteiger charge is 2.16. The van der Waals surface area contributed by atoms with Gasteiger partial charge in [0.1, 0.15) is 6.17 Å². The van der Waals surface area contributed by atoms with E-state index in [4.69, 9.17) is 0 Å². The van der Waals surface area contributed by atoms with Crippen molar-refractivity contribution in [2.24, 2.45) is 0 Å². The van der Waals surface area contributed by atoms with Crippen molar-refractivity contribution in [1.29, 1.82) is 0 Å². The monoisotopic (exact) mass is 291 g/mol. The van der Waals surface area contributed by atoms with Crippen LogP contribution in [-0.2, 0) is 6.42 Å². The van der Waals surface area contributed by atoms with E-state index >= 15 is 0 Å². The Balaban J connectivity index is 2.97. The molecule has 1 aromatic rings. The van der Waals surface area contributed by atoms with Gasteiger partial charge in [0.05, 0.1) is 0 Å². The molecule has 1 aromatic carbocycles.